The first kappa shape index (κ1) is 17.7. The number of hydrogen-bond donors (Lipinski definition) is 1. The molecule has 29 heavy (non-hydrogen) atoms. The van der Waals surface area contributed by atoms with Crippen LogP contribution in [0.25, 0.3) is 27.5 Å². The summed E-state index contributed by atoms with van der Waals surface area (Å²) in [5.41, 5.74) is 4.13. The van der Waals surface area contributed by atoms with Crippen molar-refractivity contribution >= 4 is 46.0 Å². The molecular weight excluding hydrogens is 363 g/mol. The van der Waals surface area contributed by atoms with Gasteiger partial charge in [-0.2, -0.15) is 0 Å². The van der Waals surface area contributed by atoms with Gasteiger partial charge in [-0.1, -0.05) is 18.5 Å². The molecule has 2 amide bonds. The highest BCUT2D eigenvalue weighted by molar-refractivity contribution is 6.67. The fourth-order valence-electron chi connectivity index (χ4n) is 4.53. The van der Waals surface area contributed by atoms with Gasteiger partial charge < -0.3 is 4.57 Å². The smallest absolute Gasteiger partial charge is 0.271 e. The molecule has 6 nitrogen and oxygen atoms in total. The van der Waals surface area contributed by atoms with Crippen molar-refractivity contribution in [2.45, 2.75) is 37.9 Å². The third-order valence-corrected chi connectivity index (χ3v) is 6.05. The lowest BCUT2D eigenvalue weighted by Gasteiger charge is -2.23. The van der Waals surface area contributed by atoms with Gasteiger partial charge in [0.2, 0.25) is 11.8 Å². The molecule has 2 aromatic heterocycles. The van der Waals surface area contributed by atoms with Crippen LogP contribution in [-0.2, 0) is 9.59 Å². The third-order valence-electron chi connectivity index (χ3n) is 6.05. The van der Waals surface area contributed by atoms with Crippen LogP contribution < -0.4 is 5.32 Å². The van der Waals surface area contributed by atoms with Crippen LogP contribution in [0.1, 0.15) is 30.9 Å². The molecular formula is C22H19BN4O2. The van der Waals surface area contributed by atoms with Gasteiger partial charge in [-0.05, 0) is 54.6 Å². The molecule has 0 saturated carbocycles. The largest absolute Gasteiger partial charge is 0.313 e. The SMILES string of the molecule is N#CB1CC=C(c2ccc3c(c2)c2cccnc2n3C2CCC(=O)NC2=O)CC1. The summed E-state index contributed by atoms with van der Waals surface area (Å²) >= 11 is 0. The van der Waals surface area contributed by atoms with Crippen molar-refractivity contribution in [1.29, 1.82) is 5.26 Å². The Hall–Kier alpha value is -3.40. The standard InChI is InChI=1S/C22H19BN4O2/c24-13-23-9-7-14(8-10-23)15-3-4-18-17(12-15)16-2-1-11-25-21(16)27(18)19-5-6-20(28)26-22(19)29/h1-4,7,11-12,19H,5-6,8-10H2,(H,26,28,29). The second-order valence-corrected chi connectivity index (χ2v) is 7.77. The predicted molar refractivity (Wildman–Crippen MR) is 112 cm³/mol. The van der Waals surface area contributed by atoms with E-state index in [-0.39, 0.29) is 18.5 Å². The first-order valence-electron chi connectivity index (χ1n) is 9.97. The molecule has 2 aliphatic heterocycles. The van der Waals surface area contributed by atoms with Gasteiger partial charge in [0, 0.05) is 29.4 Å². The second kappa shape index (κ2) is 6.89. The van der Waals surface area contributed by atoms with Gasteiger partial charge >= 0.3 is 0 Å². The molecule has 1 N–H and O–H groups in total. The third kappa shape index (κ3) is 2.92. The monoisotopic (exact) mass is 382 g/mol. The number of rotatable bonds is 2. The minimum Gasteiger partial charge on any atom is -0.313 e. The molecule has 142 valence electrons. The minimum absolute atomic E-state index is 0.112. The van der Waals surface area contributed by atoms with Crippen molar-refractivity contribution in [2.75, 3.05) is 0 Å². The maximum absolute atomic E-state index is 12.5. The van der Waals surface area contributed by atoms with Gasteiger partial charge in [-0.3, -0.25) is 14.9 Å². The molecule has 7 heteroatoms. The molecule has 0 aliphatic carbocycles. The average Bonchev–Trinajstić information content (AvgIpc) is 3.08. The van der Waals surface area contributed by atoms with Gasteiger partial charge in [-0.25, -0.2) is 10.2 Å². The number of fused-ring (bicyclic) bond motifs is 3. The lowest BCUT2D eigenvalue weighted by molar-refractivity contribution is -0.135. The number of piperidine rings is 1. The molecule has 1 aromatic carbocycles. The number of benzene rings is 1. The Morgan fingerprint density at radius 3 is 2.86 bits per heavy atom. The molecule has 5 rings (SSSR count). The van der Waals surface area contributed by atoms with Crippen molar-refractivity contribution in [3.63, 3.8) is 0 Å². The van der Waals surface area contributed by atoms with Crippen LogP contribution in [0.2, 0.25) is 12.6 Å². The Morgan fingerprint density at radius 2 is 2.10 bits per heavy atom. The maximum atomic E-state index is 12.5. The highest BCUT2D eigenvalue weighted by Crippen LogP contribution is 2.36. The van der Waals surface area contributed by atoms with E-state index in [0.29, 0.717) is 12.8 Å². The fraction of sp³-hybridized carbons (Fsp3) is 0.273. The summed E-state index contributed by atoms with van der Waals surface area (Å²) in [6.07, 6.45) is 7.29. The molecule has 1 unspecified atom stereocenters. The molecule has 0 spiro atoms. The van der Waals surface area contributed by atoms with Crippen LogP contribution in [0.3, 0.4) is 0 Å². The van der Waals surface area contributed by atoms with Crippen molar-refractivity contribution in [2.24, 2.45) is 0 Å². The van der Waals surface area contributed by atoms with Crippen LogP contribution in [0, 0.1) is 11.2 Å². The van der Waals surface area contributed by atoms with Crippen molar-refractivity contribution in [1.82, 2.24) is 14.9 Å². The molecule has 0 bridgehead atoms. The number of carbonyl (C=O) groups excluding carboxylic acids is 2. The van der Waals surface area contributed by atoms with Gasteiger partial charge in [-0.15, -0.1) is 0 Å². The number of nitriles is 1. The van der Waals surface area contributed by atoms with E-state index in [1.54, 1.807) is 6.20 Å². The maximum Gasteiger partial charge on any atom is 0.271 e. The van der Waals surface area contributed by atoms with E-state index < -0.39 is 6.04 Å². The second-order valence-electron chi connectivity index (χ2n) is 7.77. The Bertz CT molecular complexity index is 1240. The number of nitrogens with one attached hydrogen (secondary N) is 1. The molecule has 1 atom stereocenters. The normalized spacial score (nSPS) is 19.9. The van der Waals surface area contributed by atoms with Gasteiger partial charge in [0.15, 0.2) is 0 Å². The highest BCUT2D eigenvalue weighted by Gasteiger charge is 2.31. The topological polar surface area (TPSA) is 87.8 Å². The number of aromatic nitrogens is 2. The number of imide groups is 1. The number of nitrogens with zero attached hydrogens (tertiary/aromatic N) is 3. The number of allylic oxidation sites excluding steroid dienone is 2. The summed E-state index contributed by atoms with van der Waals surface area (Å²) in [5.74, 6) is 1.87. The van der Waals surface area contributed by atoms with E-state index in [4.69, 9.17) is 5.26 Å². The van der Waals surface area contributed by atoms with E-state index in [2.05, 4.69) is 34.5 Å². The van der Waals surface area contributed by atoms with Gasteiger partial charge in [0.25, 0.3) is 6.71 Å². The van der Waals surface area contributed by atoms with Crippen molar-refractivity contribution < 1.29 is 9.59 Å². The number of pyridine rings is 1. The molecule has 3 aromatic rings. The van der Waals surface area contributed by atoms with E-state index in [0.717, 1.165) is 46.6 Å². The first-order valence-corrected chi connectivity index (χ1v) is 9.97. The molecule has 2 aliphatic rings. The average molecular weight is 382 g/mol. The molecule has 1 saturated heterocycles. The van der Waals surface area contributed by atoms with Crippen LogP contribution in [0.4, 0.5) is 0 Å². The van der Waals surface area contributed by atoms with Crippen LogP contribution in [-0.4, -0.2) is 28.1 Å². The molecule has 1 fully saturated rings. The predicted octanol–water partition coefficient (Wildman–Crippen LogP) is 3.51. The van der Waals surface area contributed by atoms with E-state index in [1.807, 2.05) is 22.8 Å². The van der Waals surface area contributed by atoms with Crippen molar-refractivity contribution in [3.8, 4) is 5.97 Å². The van der Waals surface area contributed by atoms with E-state index >= 15 is 0 Å². The lowest BCUT2D eigenvalue weighted by atomic mass is 9.43. The van der Waals surface area contributed by atoms with E-state index in [9.17, 15) is 9.59 Å². The lowest BCUT2D eigenvalue weighted by Crippen LogP contribution is -2.41. The summed E-state index contributed by atoms with van der Waals surface area (Å²) < 4.78 is 1.97. The van der Waals surface area contributed by atoms with E-state index in [1.165, 1.54) is 5.57 Å². The number of amides is 2. The Morgan fingerprint density at radius 1 is 1.21 bits per heavy atom. The first-order chi connectivity index (χ1) is 14.2. The zero-order valence-electron chi connectivity index (χ0n) is 15.9. The van der Waals surface area contributed by atoms with Crippen LogP contribution in [0.15, 0.2) is 42.6 Å². The zero-order valence-corrected chi connectivity index (χ0v) is 15.9. The fourth-order valence-corrected chi connectivity index (χ4v) is 4.53. The Balaban J connectivity index is 1.65. The van der Waals surface area contributed by atoms with Gasteiger partial charge in [0.1, 0.15) is 11.7 Å². The summed E-state index contributed by atoms with van der Waals surface area (Å²) in [4.78, 5) is 28.7. The minimum atomic E-state index is -0.446. The molecule has 0 radical (unpaired) electrons. The summed E-state index contributed by atoms with van der Waals surface area (Å²) in [6.45, 7) is 0.112. The number of hydrogen-bond acceptors (Lipinski definition) is 4. The van der Waals surface area contributed by atoms with Crippen LogP contribution in [0.5, 0.6) is 0 Å². The van der Waals surface area contributed by atoms with Gasteiger partial charge in [0.05, 0.1) is 5.52 Å². The summed E-state index contributed by atoms with van der Waals surface area (Å²) in [7, 11) is 0. The summed E-state index contributed by atoms with van der Waals surface area (Å²) in [6, 6.07) is 9.78. The zero-order chi connectivity index (χ0) is 20.0. The Kier molecular flexibility index (Phi) is 4.20. The highest BCUT2D eigenvalue weighted by atomic mass is 16.2. The quantitative estimate of drug-likeness (QED) is 0.543. The van der Waals surface area contributed by atoms with Crippen molar-refractivity contribution in [3.05, 3.63) is 48.2 Å². The summed E-state index contributed by atoms with van der Waals surface area (Å²) in [5, 5.41) is 13.6. The number of carbonyl (C=O) groups is 2. The van der Waals surface area contributed by atoms with Crippen LogP contribution >= 0.6 is 0 Å². The Labute approximate surface area is 168 Å². The molecule has 4 heterocycles.